The molecule has 0 saturated carbocycles. The number of rotatable bonds is 10. The summed E-state index contributed by atoms with van der Waals surface area (Å²) in [4.78, 5) is 1.37. The highest BCUT2D eigenvalue weighted by atomic mass is 32.2. The lowest BCUT2D eigenvalue weighted by Crippen LogP contribution is -2.27. The molecule has 0 aliphatic carbocycles. The van der Waals surface area contributed by atoms with Gasteiger partial charge in [0, 0.05) is 18.0 Å². The summed E-state index contributed by atoms with van der Waals surface area (Å²) in [6.45, 7) is 10.3. The van der Waals surface area contributed by atoms with E-state index in [4.69, 9.17) is 0 Å². The van der Waals surface area contributed by atoms with Gasteiger partial charge in [-0.1, -0.05) is 20.8 Å². The van der Waals surface area contributed by atoms with Crippen LogP contribution in [0.4, 0.5) is 0 Å². The predicted molar refractivity (Wildman–Crippen MR) is 90.3 cm³/mol. The molecule has 0 atom stereocenters. The van der Waals surface area contributed by atoms with Crippen LogP contribution in [0.5, 0.6) is 0 Å². The second kappa shape index (κ2) is 8.88. The molecule has 0 amide bonds. The Balaban J connectivity index is 2.70. The average molecular weight is 333 g/mol. The molecule has 0 bridgehead atoms. The Kier molecular flexibility index (Phi) is 7.87. The van der Waals surface area contributed by atoms with Gasteiger partial charge in [0.1, 0.15) is 4.90 Å². The van der Waals surface area contributed by atoms with Gasteiger partial charge in [-0.3, -0.25) is 0 Å². The molecule has 0 unspecified atom stereocenters. The smallest absolute Gasteiger partial charge is 0.241 e. The maximum atomic E-state index is 12.5. The lowest BCUT2D eigenvalue weighted by atomic mass is 10.1. The van der Waals surface area contributed by atoms with Gasteiger partial charge < -0.3 is 5.32 Å². The molecule has 1 heterocycles. The fourth-order valence-corrected chi connectivity index (χ4v) is 4.99. The molecule has 1 aromatic heterocycles. The van der Waals surface area contributed by atoms with Crippen LogP contribution in [0.2, 0.25) is 0 Å². The third-order valence-electron chi connectivity index (χ3n) is 3.22. The Labute approximate surface area is 133 Å². The van der Waals surface area contributed by atoms with E-state index in [0.717, 1.165) is 36.2 Å². The van der Waals surface area contributed by atoms with Crippen molar-refractivity contribution in [3.63, 3.8) is 0 Å². The molecule has 6 heteroatoms. The highest BCUT2D eigenvalue weighted by molar-refractivity contribution is 7.89. The Hall–Kier alpha value is -0.430. The van der Waals surface area contributed by atoms with Gasteiger partial charge in [-0.2, -0.15) is 0 Å². The van der Waals surface area contributed by atoms with Crippen molar-refractivity contribution in [2.75, 3.05) is 13.1 Å². The van der Waals surface area contributed by atoms with Gasteiger partial charge in [-0.25, -0.2) is 13.1 Å². The number of hydrogen-bond donors (Lipinski definition) is 2. The van der Waals surface area contributed by atoms with Gasteiger partial charge >= 0.3 is 0 Å². The van der Waals surface area contributed by atoms with Gasteiger partial charge in [-0.15, -0.1) is 11.3 Å². The Morgan fingerprint density at radius 3 is 2.62 bits per heavy atom. The van der Waals surface area contributed by atoms with Crippen molar-refractivity contribution in [3.05, 3.63) is 15.8 Å². The van der Waals surface area contributed by atoms with E-state index >= 15 is 0 Å². The zero-order valence-corrected chi connectivity index (χ0v) is 15.2. The molecule has 1 rings (SSSR count). The highest BCUT2D eigenvalue weighted by Crippen LogP contribution is 2.26. The van der Waals surface area contributed by atoms with Crippen LogP contribution in [0.1, 0.15) is 50.5 Å². The molecule has 0 aliphatic rings. The van der Waals surface area contributed by atoms with Crippen LogP contribution in [0, 0.1) is 12.8 Å². The second-order valence-electron chi connectivity index (χ2n) is 5.78. The van der Waals surface area contributed by atoms with Crippen LogP contribution in [-0.4, -0.2) is 21.5 Å². The molecule has 122 valence electrons. The van der Waals surface area contributed by atoms with Crippen LogP contribution in [-0.2, 0) is 16.6 Å². The number of aryl methyl sites for hydroxylation is 1. The summed E-state index contributed by atoms with van der Waals surface area (Å²) in [5.74, 6) is 0.603. The van der Waals surface area contributed by atoms with Crippen LogP contribution >= 0.6 is 11.3 Å². The van der Waals surface area contributed by atoms with E-state index in [1.165, 1.54) is 11.3 Å². The summed E-state index contributed by atoms with van der Waals surface area (Å²) < 4.78 is 27.7. The highest BCUT2D eigenvalue weighted by Gasteiger charge is 2.22. The first-order valence-electron chi connectivity index (χ1n) is 7.65. The molecule has 0 saturated heterocycles. The van der Waals surface area contributed by atoms with Crippen molar-refractivity contribution in [2.45, 2.75) is 58.4 Å². The first kappa shape index (κ1) is 18.6. The summed E-state index contributed by atoms with van der Waals surface area (Å²) >= 11 is 1.52. The molecule has 2 N–H and O–H groups in total. The lowest BCUT2D eigenvalue weighted by Gasteiger charge is -2.10. The molecular formula is C15H28N2O2S2. The fraction of sp³-hybridized carbons (Fsp3) is 0.733. The molecule has 0 fully saturated rings. The van der Waals surface area contributed by atoms with Crippen molar-refractivity contribution >= 4 is 21.4 Å². The minimum absolute atomic E-state index is 0.473. The molecule has 0 radical (unpaired) electrons. The van der Waals surface area contributed by atoms with E-state index < -0.39 is 10.0 Å². The normalized spacial score (nSPS) is 12.2. The zero-order valence-electron chi connectivity index (χ0n) is 13.5. The number of thiophene rings is 1. The van der Waals surface area contributed by atoms with Gasteiger partial charge in [0.05, 0.1) is 0 Å². The van der Waals surface area contributed by atoms with Gasteiger partial charge in [0.25, 0.3) is 0 Å². The SMILES string of the molecule is CCCNCc1scc(C)c1S(=O)(=O)NCCCC(C)C. The monoisotopic (exact) mass is 332 g/mol. The maximum absolute atomic E-state index is 12.5. The third kappa shape index (κ3) is 6.06. The van der Waals surface area contributed by atoms with Gasteiger partial charge in [0.2, 0.25) is 10.0 Å². The Bertz CT molecular complexity index is 522. The van der Waals surface area contributed by atoms with Crippen LogP contribution in [0.15, 0.2) is 10.3 Å². The Morgan fingerprint density at radius 2 is 2.00 bits per heavy atom. The third-order valence-corrected chi connectivity index (χ3v) is 6.14. The largest absolute Gasteiger partial charge is 0.312 e. The molecule has 21 heavy (non-hydrogen) atoms. The molecular weight excluding hydrogens is 304 g/mol. The van der Waals surface area contributed by atoms with Crippen LogP contribution < -0.4 is 10.0 Å². The van der Waals surface area contributed by atoms with Crippen LogP contribution in [0.3, 0.4) is 0 Å². The summed E-state index contributed by atoms with van der Waals surface area (Å²) in [6.07, 6.45) is 2.96. The molecule has 4 nitrogen and oxygen atoms in total. The molecule has 0 spiro atoms. The lowest BCUT2D eigenvalue weighted by molar-refractivity contribution is 0.539. The predicted octanol–water partition coefficient (Wildman–Crippen LogP) is 3.27. The molecule has 0 aliphatic heterocycles. The summed E-state index contributed by atoms with van der Waals surface area (Å²) in [6, 6.07) is 0. The first-order valence-corrected chi connectivity index (χ1v) is 10.0. The minimum atomic E-state index is -3.39. The van der Waals surface area contributed by atoms with E-state index in [1.54, 1.807) is 0 Å². The topological polar surface area (TPSA) is 58.2 Å². The minimum Gasteiger partial charge on any atom is -0.312 e. The summed E-state index contributed by atoms with van der Waals surface area (Å²) in [5.41, 5.74) is 0.838. The second-order valence-corrected chi connectivity index (χ2v) is 8.45. The van der Waals surface area contributed by atoms with Gasteiger partial charge in [0.15, 0.2) is 0 Å². The van der Waals surface area contributed by atoms with Crippen molar-refractivity contribution in [2.24, 2.45) is 5.92 Å². The first-order chi connectivity index (χ1) is 9.88. The van der Waals surface area contributed by atoms with Crippen molar-refractivity contribution in [1.82, 2.24) is 10.0 Å². The van der Waals surface area contributed by atoms with Crippen molar-refractivity contribution < 1.29 is 8.42 Å². The van der Waals surface area contributed by atoms with E-state index in [9.17, 15) is 8.42 Å². The van der Waals surface area contributed by atoms with E-state index in [0.29, 0.717) is 23.9 Å². The summed E-state index contributed by atoms with van der Waals surface area (Å²) in [5, 5.41) is 5.20. The standard InChI is InChI=1S/C15H28N2O2S2/c1-5-8-16-10-14-15(13(4)11-20-14)21(18,19)17-9-6-7-12(2)3/h11-12,16-17H,5-10H2,1-4H3. The quantitative estimate of drug-likeness (QED) is 0.647. The zero-order chi connectivity index (χ0) is 15.9. The van der Waals surface area contributed by atoms with Crippen molar-refractivity contribution in [3.8, 4) is 0 Å². The molecule has 1 aromatic rings. The number of nitrogens with one attached hydrogen (secondary N) is 2. The van der Waals surface area contributed by atoms with Crippen LogP contribution in [0.25, 0.3) is 0 Å². The Morgan fingerprint density at radius 1 is 1.29 bits per heavy atom. The summed E-state index contributed by atoms with van der Waals surface area (Å²) in [7, 11) is -3.39. The number of hydrogen-bond acceptors (Lipinski definition) is 4. The fourth-order valence-electron chi connectivity index (χ4n) is 2.14. The van der Waals surface area contributed by atoms with E-state index in [2.05, 4.69) is 30.8 Å². The number of sulfonamides is 1. The van der Waals surface area contributed by atoms with Gasteiger partial charge in [-0.05, 0) is 49.6 Å². The van der Waals surface area contributed by atoms with E-state index in [1.807, 2.05) is 12.3 Å². The maximum Gasteiger partial charge on any atom is 0.241 e. The molecule has 0 aromatic carbocycles. The van der Waals surface area contributed by atoms with E-state index in [-0.39, 0.29) is 0 Å². The average Bonchev–Trinajstić information content (AvgIpc) is 2.77. The van der Waals surface area contributed by atoms with Crippen molar-refractivity contribution in [1.29, 1.82) is 0 Å².